The molecular formula is C11H19N. The lowest BCUT2D eigenvalue weighted by atomic mass is 9.68. The molecule has 1 heteroatoms. The van der Waals surface area contributed by atoms with Crippen molar-refractivity contribution in [2.75, 3.05) is 6.54 Å². The van der Waals surface area contributed by atoms with Gasteiger partial charge in [-0.2, -0.15) is 0 Å². The number of hydrogen-bond donors (Lipinski definition) is 1. The van der Waals surface area contributed by atoms with Gasteiger partial charge in [0.25, 0.3) is 0 Å². The Balaban J connectivity index is 1.96. The lowest BCUT2D eigenvalue weighted by molar-refractivity contribution is 0.122. The molecule has 1 saturated heterocycles. The molecule has 4 unspecified atom stereocenters. The molecule has 0 aromatic rings. The molecule has 0 radical (unpaired) electrons. The molecule has 3 fully saturated rings. The maximum atomic E-state index is 3.66. The molecule has 3 aliphatic rings. The average molecular weight is 165 g/mol. The van der Waals surface area contributed by atoms with Crippen LogP contribution in [-0.4, -0.2) is 12.6 Å². The highest BCUT2D eigenvalue weighted by Crippen LogP contribution is 2.82. The smallest absolute Gasteiger partial charge is 0.0133 e. The maximum Gasteiger partial charge on any atom is 0.0133 e. The molecule has 2 aliphatic carbocycles. The van der Waals surface area contributed by atoms with Crippen molar-refractivity contribution in [2.45, 2.75) is 39.7 Å². The zero-order valence-electron chi connectivity index (χ0n) is 8.35. The number of hydrogen-bond acceptors (Lipinski definition) is 1. The first-order valence-electron chi connectivity index (χ1n) is 5.37. The molecule has 68 valence electrons. The van der Waals surface area contributed by atoms with Gasteiger partial charge in [0.05, 0.1) is 0 Å². The summed E-state index contributed by atoms with van der Waals surface area (Å²) in [6, 6.07) is 0.898. The molecular weight excluding hydrogens is 146 g/mol. The molecule has 0 bridgehead atoms. The summed E-state index contributed by atoms with van der Waals surface area (Å²) in [6.45, 7) is 8.64. The second-order valence-electron chi connectivity index (χ2n) is 5.53. The van der Waals surface area contributed by atoms with Gasteiger partial charge in [0.1, 0.15) is 0 Å². The summed E-state index contributed by atoms with van der Waals surface area (Å²) < 4.78 is 0. The van der Waals surface area contributed by atoms with Gasteiger partial charge in [0, 0.05) is 6.04 Å². The van der Waals surface area contributed by atoms with E-state index in [4.69, 9.17) is 0 Å². The Morgan fingerprint density at radius 3 is 2.50 bits per heavy atom. The summed E-state index contributed by atoms with van der Waals surface area (Å²) in [4.78, 5) is 0. The molecule has 0 amide bonds. The molecule has 0 aromatic carbocycles. The first kappa shape index (κ1) is 7.37. The van der Waals surface area contributed by atoms with Gasteiger partial charge in [-0.15, -0.1) is 0 Å². The van der Waals surface area contributed by atoms with E-state index in [0.717, 1.165) is 23.3 Å². The maximum absolute atomic E-state index is 3.66. The summed E-state index contributed by atoms with van der Waals surface area (Å²) in [5.74, 6) is 1.90. The van der Waals surface area contributed by atoms with Crippen LogP contribution in [0.1, 0.15) is 33.6 Å². The quantitative estimate of drug-likeness (QED) is 0.627. The van der Waals surface area contributed by atoms with Crippen molar-refractivity contribution in [1.29, 1.82) is 0 Å². The van der Waals surface area contributed by atoms with Crippen LogP contribution in [-0.2, 0) is 0 Å². The average Bonchev–Trinajstić information content (AvgIpc) is 2.42. The fourth-order valence-electron chi connectivity index (χ4n) is 4.39. The summed E-state index contributed by atoms with van der Waals surface area (Å²) in [5.41, 5.74) is 1.46. The first-order valence-corrected chi connectivity index (χ1v) is 5.37. The first-order chi connectivity index (χ1) is 5.64. The molecule has 12 heavy (non-hydrogen) atoms. The summed E-state index contributed by atoms with van der Waals surface area (Å²) >= 11 is 0. The minimum absolute atomic E-state index is 0.696. The predicted molar refractivity (Wildman–Crippen MR) is 49.9 cm³/mol. The van der Waals surface area contributed by atoms with Crippen molar-refractivity contribution in [2.24, 2.45) is 22.7 Å². The molecule has 1 spiro atoms. The third kappa shape index (κ3) is 0.454. The number of nitrogens with one attached hydrogen (secondary N) is 1. The topological polar surface area (TPSA) is 12.0 Å². The largest absolute Gasteiger partial charge is 0.313 e. The van der Waals surface area contributed by atoms with Crippen LogP contribution in [0.5, 0.6) is 0 Å². The summed E-state index contributed by atoms with van der Waals surface area (Å²) in [7, 11) is 0. The Morgan fingerprint density at radius 1 is 1.42 bits per heavy atom. The van der Waals surface area contributed by atoms with Gasteiger partial charge >= 0.3 is 0 Å². The monoisotopic (exact) mass is 165 g/mol. The van der Waals surface area contributed by atoms with E-state index in [0.29, 0.717) is 5.41 Å². The third-order valence-electron chi connectivity index (χ3n) is 5.50. The Hall–Kier alpha value is -0.0400. The standard InChI is InChI=1S/C11H19N/c1-7(2)10(3)8-6-12-9-4-5-11(8,9)10/h7-9,12H,4-6H2,1-3H3. The van der Waals surface area contributed by atoms with Gasteiger partial charge in [0.2, 0.25) is 0 Å². The molecule has 2 saturated carbocycles. The van der Waals surface area contributed by atoms with Crippen molar-refractivity contribution in [1.82, 2.24) is 5.32 Å². The van der Waals surface area contributed by atoms with E-state index in [1.807, 2.05) is 0 Å². The zero-order valence-corrected chi connectivity index (χ0v) is 8.35. The Bertz CT molecular complexity index is 231. The molecule has 4 atom stereocenters. The molecule has 1 N–H and O–H groups in total. The second-order valence-corrected chi connectivity index (χ2v) is 5.53. The molecule has 0 aromatic heterocycles. The van der Waals surface area contributed by atoms with Gasteiger partial charge in [-0.05, 0) is 42.1 Å². The number of piperidine rings is 1. The van der Waals surface area contributed by atoms with Crippen LogP contribution >= 0.6 is 0 Å². The highest BCUT2D eigenvalue weighted by molar-refractivity contribution is 5.32. The summed E-state index contributed by atoms with van der Waals surface area (Å²) in [6.07, 6.45) is 2.95. The van der Waals surface area contributed by atoms with Crippen LogP contribution in [0.3, 0.4) is 0 Å². The minimum Gasteiger partial charge on any atom is -0.313 e. The Kier molecular flexibility index (Phi) is 1.07. The lowest BCUT2D eigenvalue weighted by Gasteiger charge is -2.41. The van der Waals surface area contributed by atoms with Crippen LogP contribution < -0.4 is 5.32 Å². The SMILES string of the molecule is CC(C)C1(C)C2CNC3CCC321. The summed E-state index contributed by atoms with van der Waals surface area (Å²) in [5, 5.41) is 3.66. The van der Waals surface area contributed by atoms with Crippen LogP contribution in [0.15, 0.2) is 0 Å². The highest BCUT2D eigenvalue weighted by Gasteiger charge is 2.82. The van der Waals surface area contributed by atoms with Crippen molar-refractivity contribution in [3.05, 3.63) is 0 Å². The van der Waals surface area contributed by atoms with E-state index < -0.39 is 0 Å². The van der Waals surface area contributed by atoms with E-state index in [9.17, 15) is 0 Å². The normalized spacial score (nSPS) is 61.0. The van der Waals surface area contributed by atoms with Gasteiger partial charge in [-0.25, -0.2) is 0 Å². The van der Waals surface area contributed by atoms with Gasteiger partial charge in [-0.1, -0.05) is 20.8 Å². The van der Waals surface area contributed by atoms with Gasteiger partial charge in [0.15, 0.2) is 0 Å². The zero-order chi connectivity index (χ0) is 8.56. The fraction of sp³-hybridized carbons (Fsp3) is 1.00. The minimum atomic E-state index is 0.696. The fourth-order valence-corrected chi connectivity index (χ4v) is 4.39. The van der Waals surface area contributed by atoms with Crippen molar-refractivity contribution >= 4 is 0 Å². The van der Waals surface area contributed by atoms with E-state index in [2.05, 4.69) is 26.1 Å². The highest BCUT2D eigenvalue weighted by atomic mass is 15.1. The van der Waals surface area contributed by atoms with Crippen molar-refractivity contribution in [3.63, 3.8) is 0 Å². The van der Waals surface area contributed by atoms with Crippen LogP contribution in [0, 0.1) is 22.7 Å². The molecule has 3 rings (SSSR count). The van der Waals surface area contributed by atoms with Crippen LogP contribution in [0.4, 0.5) is 0 Å². The van der Waals surface area contributed by atoms with Gasteiger partial charge < -0.3 is 5.32 Å². The predicted octanol–water partition coefficient (Wildman–Crippen LogP) is 2.03. The van der Waals surface area contributed by atoms with Crippen molar-refractivity contribution < 1.29 is 0 Å². The van der Waals surface area contributed by atoms with E-state index in [1.165, 1.54) is 19.4 Å². The third-order valence-corrected chi connectivity index (χ3v) is 5.50. The second kappa shape index (κ2) is 1.75. The van der Waals surface area contributed by atoms with Crippen molar-refractivity contribution in [3.8, 4) is 0 Å². The Morgan fingerprint density at radius 2 is 2.17 bits per heavy atom. The lowest BCUT2D eigenvalue weighted by Crippen LogP contribution is -2.46. The van der Waals surface area contributed by atoms with E-state index in [-0.39, 0.29) is 0 Å². The van der Waals surface area contributed by atoms with E-state index in [1.54, 1.807) is 0 Å². The Labute approximate surface area is 74.9 Å². The van der Waals surface area contributed by atoms with Gasteiger partial charge in [-0.3, -0.25) is 0 Å². The van der Waals surface area contributed by atoms with Crippen LogP contribution in [0.25, 0.3) is 0 Å². The number of rotatable bonds is 1. The molecule has 1 heterocycles. The molecule has 1 nitrogen and oxygen atoms in total. The molecule has 1 aliphatic heterocycles. The van der Waals surface area contributed by atoms with E-state index >= 15 is 0 Å². The van der Waals surface area contributed by atoms with Crippen LogP contribution in [0.2, 0.25) is 0 Å².